The van der Waals surface area contributed by atoms with Crippen LogP contribution in [0.25, 0.3) is 10.8 Å². The van der Waals surface area contributed by atoms with Crippen molar-refractivity contribution in [2.24, 2.45) is 0 Å². The summed E-state index contributed by atoms with van der Waals surface area (Å²) in [4.78, 5) is 15.4. The fraction of sp³-hybridized carbons (Fsp3) is 0.190. The molecule has 8 heteroatoms. The highest BCUT2D eigenvalue weighted by atomic mass is 35.5. The van der Waals surface area contributed by atoms with E-state index >= 15 is 0 Å². The molecule has 0 saturated heterocycles. The van der Waals surface area contributed by atoms with E-state index in [9.17, 15) is 0 Å². The highest BCUT2D eigenvalue weighted by Gasteiger charge is 2.17. The van der Waals surface area contributed by atoms with E-state index < -0.39 is 0 Å². The summed E-state index contributed by atoms with van der Waals surface area (Å²) in [5, 5.41) is 5.76. The topological polar surface area (TPSA) is 84.9 Å². The molecule has 0 fully saturated rings. The molecule has 0 amide bonds. The zero-order valence-corrected chi connectivity index (χ0v) is 16.5. The van der Waals surface area contributed by atoms with Gasteiger partial charge in [0, 0.05) is 60.9 Å². The van der Waals surface area contributed by atoms with Crippen LogP contribution in [0.15, 0.2) is 55.1 Å². The van der Waals surface area contributed by atoms with Crippen LogP contribution in [0.3, 0.4) is 0 Å². The fourth-order valence-corrected chi connectivity index (χ4v) is 3.83. The number of nitrogens with zero attached hydrogens (tertiary/aromatic N) is 5. The molecule has 146 valence electrons. The number of nitrogens with two attached hydrogens (primary N) is 1. The maximum Gasteiger partial charge on any atom is 0.131 e. The molecule has 0 spiro atoms. The molecule has 0 unspecified atom stereocenters. The lowest BCUT2D eigenvalue weighted by atomic mass is 10.1. The maximum absolute atomic E-state index is 6.27. The SMILES string of the molecule is Nc1ncc(Cl)c2cc(NCc3ccc(N4CCn5ccnc5C4)nc3)ccc12. The molecule has 0 atom stereocenters. The van der Waals surface area contributed by atoms with Gasteiger partial charge in [-0.3, -0.25) is 0 Å². The normalized spacial score (nSPS) is 13.5. The Balaban J connectivity index is 1.27. The number of fused-ring (bicyclic) bond motifs is 2. The molecule has 7 nitrogen and oxygen atoms in total. The molecule has 0 bridgehead atoms. The van der Waals surface area contributed by atoms with Gasteiger partial charge in [-0.2, -0.15) is 0 Å². The van der Waals surface area contributed by atoms with Crippen molar-refractivity contribution >= 4 is 39.7 Å². The van der Waals surface area contributed by atoms with Crippen molar-refractivity contribution in [1.29, 1.82) is 0 Å². The van der Waals surface area contributed by atoms with Crippen LogP contribution >= 0.6 is 11.6 Å². The standard InChI is InChI=1S/C21H20ClN7/c22-18-12-27-21(23)16-3-2-15(9-17(16)18)25-10-14-1-4-19(26-11-14)29-8-7-28-6-5-24-20(28)13-29/h1-6,9,11-12,25H,7-8,10,13H2,(H2,23,27). The highest BCUT2D eigenvalue weighted by molar-refractivity contribution is 6.35. The van der Waals surface area contributed by atoms with E-state index in [2.05, 4.69) is 41.9 Å². The quantitative estimate of drug-likeness (QED) is 0.538. The van der Waals surface area contributed by atoms with Crippen LogP contribution in [0.4, 0.5) is 17.3 Å². The van der Waals surface area contributed by atoms with Crippen LogP contribution in [0.2, 0.25) is 5.02 Å². The third-order valence-corrected chi connectivity index (χ3v) is 5.55. The minimum Gasteiger partial charge on any atom is -0.383 e. The summed E-state index contributed by atoms with van der Waals surface area (Å²) >= 11 is 6.27. The Labute approximate surface area is 173 Å². The van der Waals surface area contributed by atoms with E-state index in [1.165, 1.54) is 0 Å². The van der Waals surface area contributed by atoms with Gasteiger partial charge in [0.15, 0.2) is 0 Å². The predicted molar refractivity (Wildman–Crippen MR) is 116 cm³/mol. The average molecular weight is 406 g/mol. The summed E-state index contributed by atoms with van der Waals surface area (Å²) in [6.07, 6.45) is 7.38. The fourth-order valence-electron chi connectivity index (χ4n) is 3.62. The number of imidazole rings is 1. The zero-order chi connectivity index (χ0) is 19.8. The summed E-state index contributed by atoms with van der Waals surface area (Å²) in [5.74, 6) is 2.54. The van der Waals surface area contributed by atoms with Crippen molar-refractivity contribution in [3.05, 3.63) is 71.5 Å². The molecule has 3 N–H and O–H groups in total. The van der Waals surface area contributed by atoms with Crippen LogP contribution in [0.5, 0.6) is 0 Å². The zero-order valence-electron chi connectivity index (χ0n) is 15.7. The van der Waals surface area contributed by atoms with Gasteiger partial charge in [0.25, 0.3) is 0 Å². The Bertz CT molecular complexity index is 1170. The van der Waals surface area contributed by atoms with Crippen molar-refractivity contribution in [3.63, 3.8) is 0 Å². The second-order valence-electron chi connectivity index (χ2n) is 7.09. The Morgan fingerprint density at radius 1 is 1.03 bits per heavy atom. The summed E-state index contributed by atoms with van der Waals surface area (Å²) in [7, 11) is 0. The van der Waals surface area contributed by atoms with Crippen LogP contribution in [-0.2, 0) is 19.6 Å². The lowest BCUT2D eigenvalue weighted by Gasteiger charge is -2.28. The molecule has 1 aliphatic heterocycles. The Morgan fingerprint density at radius 3 is 2.83 bits per heavy atom. The van der Waals surface area contributed by atoms with E-state index in [1.807, 2.05) is 36.8 Å². The number of benzene rings is 1. The van der Waals surface area contributed by atoms with E-state index in [-0.39, 0.29) is 0 Å². The molecule has 4 aromatic rings. The molecule has 3 aromatic heterocycles. The Hall–Kier alpha value is -3.32. The first-order valence-electron chi connectivity index (χ1n) is 9.45. The van der Waals surface area contributed by atoms with E-state index in [1.54, 1.807) is 6.20 Å². The summed E-state index contributed by atoms with van der Waals surface area (Å²) in [5.41, 5.74) is 8.00. The first-order chi connectivity index (χ1) is 14.2. The molecule has 0 radical (unpaired) electrons. The Kier molecular flexibility index (Phi) is 4.44. The van der Waals surface area contributed by atoms with Crippen molar-refractivity contribution in [1.82, 2.24) is 19.5 Å². The number of anilines is 3. The molecule has 0 aliphatic carbocycles. The van der Waals surface area contributed by atoms with Crippen molar-refractivity contribution in [2.75, 3.05) is 22.5 Å². The van der Waals surface area contributed by atoms with Crippen LogP contribution in [0.1, 0.15) is 11.4 Å². The first kappa shape index (κ1) is 17.8. The number of rotatable bonds is 4. The van der Waals surface area contributed by atoms with Gasteiger partial charge in [0.05, 0.1) is 11.6 Å². The van der Waals surface area contributed by atoms with E-state index in [0.717, 1.165) is 53.3 Å². The molecule has 1 aromatic carbocycles. The van der Waals surface area contributed by atoms with Crippen LogP contribution in [-0.4, -0.2) is 26.1 Å². The van der Waals surface area contributed by atoms with Gasteiger partial charge in [-0.25, -0.2) is 15.0 Å². The Morgan fingerprint density at radius 2 is 1.97 bits per heavy atom. The molecule has 4 heterocycles. The maximum atomic E-state index is 6.27. The monoisotopic (exact) mass is 405 g/mol. The second kappa shape index (κ2) is 7.25. The highest BCUT2D eigenvalue weighted by Crippen LogP contribution is 2.29. The molecule has 0 saturated carbocycles. The number of hydrogen-bond donors (Lipinski definition) is 2. The predicted octanol–water partition coefficient (Wildman–Crippen LogP) is 3.69. The summed E-state index contributed by atoms with van der Waals surface area (Å²) in [6.45, 7) is 3.32. The second-order valence-corrected chi connectivity index (χ2v) is 7.50. The van der Waals surface area contributed by atoms with E-state index in [0.29, 0.717) is 17.4 Å². The number of hydrogen-bond acceptors (Lipinski definition) is 6. The van der Waals surface area contributed by atoms with Crippen LogP contribution < -0.4 is 16.0 Å². The van der Waals surface area contributed by atoms with Gasteiger partial charge in [0.2, 0.25) is 0 Å². The third-order valence-electron chi connectivity index (χ3n) is 5.24. The number of pyridine rings is 2. The van der Waals surface area contributed by atoms with Crippen molar-refractivity contribution in [3.8, 4) is 0 Å². The molecule has 1 aliphatic rings. The van der Waals surface area contributed by atoms with E-state index in [4.69, 9.17) is 17.3 Å². The number of nitrogens with one attached hydrogen (secondary N) is 1. The number of nitrogen functional groups attached to an aromatic ring is 1. The minimum absolute atomic E-state index is 0.482. The molecular formula is C21H20ClN7. The molecule has 29 heavy (non-hydrogen) atoms. The van der Waals surface area contributed by atoms with Gasteiger partial charge in [-0.1, -0.05) is 17.7 Å². The minimum atomic E-state index is 0.482. The van der Waals surface area contributed by atoms with Gasteiger partial charge >= 0.3 is 0 Å². The van der Waals surface area contributed by atoms with Gasteiger partial charge < -0.3 is 20.5 Å². The van der Waals surface area contributed by atoms with Gasteiger partial charge in [-0.15, -0.1) is 0 Å². The number of aromatic nitrogens is 4. The van der Waals surface area contributed by atoms with Gasteiger partial charge in [-0.05, 0) is 29.8 Å². The lowest BCUT2D eigenvalue weighted by Crippen LogP contribution is -2.34. The summed E-state index contributed by atoms with van der Waals surface area (Å²) in [6, 6.07) is 10.1. The third kappa shape index (κ3) is 3.45. The molecular weight excluding hydrogens is 386 g/mol. The first-order valence-corrected chi connectivity index (χ1v) is 9.83. The van der Waals surface area contributed by atoms with Crippen molar-refractivity contribution in [2.45, 2.75) is 19.6 Å². The number of halogens is 1. The van der Waals surface area contributed by atoms with Crippen LogP contribution in [0, 0.1) is 0 Å². The lowest BCUT2D eigenvalue weighted by molar-refractivity contribution is 0.556. The van der Waals surface area contributed by atoms with Crippen molar-refractivity contribution < 1.29 is 0 Å². The smallest absolute Gasteiger partial charge is 0.131 e. The van der Waals surface area contributed by atoms with Gasteiger partial charge in [0.1, 0.15) is 17.5 Å². The average Bonchev–Trinajstić information content (AvgIpc) is 3.23. The molecule has 5 rings (SSSR count). The summed E-state index contributed by atoms with van der Waals surface area (Å²) < 4.78 is 2.19. The largest absolute Gasteiger partial charge is 0.383 e.